The van der Waals surface area contributed by atoms with Gasteiger partial charge in [-0.1, -0.05) is 112 Å². The monoisotopic (exact) mass is 753 g/mol. The van der Waals surface area contributed by atoms with Crippen LogP contribution in [0.25, 0.3) is 23.3 Å². The van der Waals surface area contributed by atoms with Gasteiger partial charge in [-0.25, -0.2) is 15.0 Å². The first kappa shape index (κ1) is 38.2. The van der Waals surface area contributed by atoms with Crippen LogP contribution in [0.4, 0.5) is 0 Å². The van der Waals surface area contributed by atoms with Crippen LogP contribution in [0.5, 0.6) is 11.5 Å². The number of nitrogens with zero attached hydrogens (tertiary/aromatic N) is 4. The first-order chi connectivity index (χ1) is 26.5. The molecule has 0 amide bonds. The van der Waals surface area contributed by atoms with Gasteiger partial charge < -0.3 is 23.4 Å². The van der Waals surface area contributed by atoms with Gasteiger partial charge in [0.25, 0.3) is 0 Å². The van der Waals surface area contributed by atoms with Crippen LogP contribution < -0.4 is 9.47 Å². The number of aromatic nitrogens is 4. The number of rotatable bonds is 13. The average Bonchev–Trinajstić information content (AvgIpc) is 3.82. The van der Waals surface area contributed by atoms with Gasteiger partial charge in [0.15, 0.2) is 20.2 Å². The van der Waals surface area contributed by atoms with E-state index in [1.54, 1.807) is 26.9 Å². The number of hydrogen-bond acceptors (Lipinski definition) is 8. The number of hydrogen-bond donors (Lipinski definition) is 0. The Morgan fingerprint density at radius 1 is 0.727 bits per heavy atom. The molecule has 9 nitrogen and oxygen atoms in total. The number of benzene rings is 4. The second-order valence-corrected chi connectivity index (χ2v) is 20.0. The standard InChI is InChI=1S/C45H49N4O5Si/c1-44(2,3)55(6,7)54-40-28-38(53-43(40)49-31-48-41-39(46-30-47-42(41)49)27-18-32-14-10-8-11-15-32)29-52-45(33-16-12-9-13-17-33,34-19-23-36(50-4)24-20-34)35-21-25-37(51-5)26-22-35/h8-28,30-31,38,40,43H,29H2,1-7H3/b27-18+/t38-,40-,43-/m1/s1. The van der Waals surface area contributed by atoms with Gasteiger partial charge in [-0.05, 0) is 70.7 Å². The van der Waals surface area contributed by atoms with Crippen LogP contribution in [0, 0.1) is 6.42 Å². The predicted octanol–water partition coefficient (Wildman–Crippen LogP) is 9.51. The minimum atomic E-state index is -2.27. The van der Waals surface area contributed by atoms with Crippen molar-refractivity contribution in [1.29, 1.82) is 0 Å². The van der Waals surface area contributed by atoms with Gasteiger partial charge in [0, 0.05) is 6.42 Å². The van der Waals surface area contributed by atoms with Crippen LogP contribution in [-0.4, -0.2) is 60.9 Å². The number of fused-ring (bicyclic) bond motifs is 1. The Kier molecular flexibility index (Phi) is 11.0. The van der Waals surface area contributed by atoms with E-state index >= 15 is 0 Å². The Bertz CT molecular complexity index is 2150. The molecule has 3 atom stereocenters. The van der Waals surface area contributed by atoms with E-state index in [1.165, 1.54) is 0 Å². The molecule has 0 N–H and O–H groups in total. The Labute approximate surface area is 325 Å². The summed E-state index contributed by atoms with van der Waals surface area (Å²) < 4.78 is 34.4. The van der Waals surface area contributed by atoms with E-state index in [9.17, 15) is 0 Å². The van der Waals surface area contributed by atoms with E-state index in [-0.39, 0.29) is 11.6 Å². The van der Waals surface area contributed by atoms with Gasteiger partial charge >= 0.3 is 0 Å². The van der Waals surface area contributed by atoms with Crippen LogP contribution in [0.1, 0.15) is 54.9 Å². The maximum Gasteiger partial charge on any atom is 0.192 e. The van der Waals surface area contributed by atoms with Gasteiger partial charge in [0.2, 0.25) is 0 Å². The summed E-state index contributed by atoms with van der Waals surface area (Å²) in [6, 6.07) is 36.5. The zero-order valence-corrected chi connectivity index (χ0v) is 33.5. The lowest BCUT2D eigenvalue weighted by Crippen LogP contribution is -2.45. The van der Waals surface area contributed by atoms with Crippen LogP contribution in [0.15, 0.2) is 122 Å². The van der Waals surface area contributed by atoms with Crippen molar-refractivity contribution in [2.75, 3.05) is 20.8 Å². The molecule has 1 saturated heterocycles. The van der Waals surface area contributed by atoms with Crippen molar-refractivity contribution in [1.82, 2.24) is 19.5 Å². The molecular weight excluding hydrogens is 705 g/mol. The molecule has 6 aromatic rings. The van der Waals surface area contributed by atoms with E-state index in [2.05, 4.69) is 93.8 Å². The third kappa shape index (κ3) is 7.86. The fourth-order valence-corrected chi connectivity index (χ4v) is 7.97. The average molecular weight is 754 g/mol. The minimum absolute atomic E-state index is 0.0280. The molecule has 0 saturated carbocycles. The zero-order valence-electron chi connectivity index (χ0n) is 32.5. The maximum absolute atomic E-state index is 7.27. The molecular formula is C45H49N4O5Si. The predicted molar refractivity (Wildman–Crippen MR) is 219 cm³/mol. The molecule has 0 bridgehead atoms. The SMILES string of the molecule is COc1ccc(C(OC[C@H]2[CH][C@@H](O[Si](C)(C)C(C)(C)C)[C@H](n3cnc4c(/C=C/c5ccccc5)ncnc43)O2)(c2ccccc2)c2ccc(OC)cc2)cc1. The minimum Gasteiger partial charge on any atom is -0.497 e. The first-order valence-corrected chi connectivity index (χ1v) is 21.5. The fourth-order valence-electron chi connectivity index (χ4n) is 6.74. The van der Waals surface area contributed by atoms with Gasteiger partial charge in [-0.15, -0.1) is 0 Å². The largest absolute Gasteiger partial charge is 0.497 e. The highest BCUT2D eigenvalue weighted by molar-refractivity contribution is 6.74. The summed E-state index contributed by atoms with van der Waals surface area (Å²) in [4.78, 5) is 14.1. The molecule has 1 radical (unpaired) electrons. The van der Waals surface area contributed by atoms with Crippen molar-refractivity contribution in [3.05, 3.63) is 156 Å². The molecule has 1 aliphatic heterocycles. The highest BCUT2D eigenvalue weighted by Crippen LogP contribution is 2.45. The Hall–Kier alpha value is -5.13. The van der Waals surface area contributed by atoms with Crippen molar-refractivity contribution >= 4 is 31.6 Å². The van der Waals surface area contributed by atoms with Gasteiger partial charge in [-0.3, -0.25) is 4.57 Å². The molecule has 55 heavy (non-hydrogen) atoms. The summed E-state index contributed by atoms with van der Waals surface area (Å²) in [7, 11) is 1.07. The Balaban J connectivity index is 1.26. The summed E-state index contributed by atoms with van der Waals surface area (Å²) in [5.74, 6) is 1.52. The van der Waals surface area contributed by atoms with Crippen molar-refractivity contribution in [3.63, 3.8) is 0 Å². The topological polar surface area (TPSA) is 89.8 Å². The highest BCUT2D eigenvalue weighted by Gasteiger charge is 2.47. The lowest BCUT2D eigenvalue weighted by molar-refractivity contribution is -0.0820. The number of methoxy groups -OCH3 is 2. The first-order valence-electron chi connectivity index (χ1n) is 18.6. The fraction of sp³-hybridized carbons (Fsp3) is 0.289. The van der Waals surface area contributed by atoms with Gasteiger partial charge in [0.05, 0.1) is 45.1 Å². The molecule has 1 fully saturated rings. The lowest BCUT2D eigenvalue weighted by atomic mass is 9.80. The van der Waals surface area contributed by atoms with Crippen LogP contribution in [0.3, 0.4) is 0 Å². The Morgan fingerprint density at radius 3 is 1.89 bits per heavy atom. The van der Waals surface area contributed by atoms with Gasteiger partial charge in [0.1, 0.15) is 28.9 Å². The zero-order chi connectivity index (χ0) is 38.6. The molecule has 0 unspecified atom stereocenters. The molecule has 3 heterocycles. The van der Waals surface area contributed by atoms with Crippen molar-refractivity contribution in [3.8, 4) is 11.5 Å². The second-order valence-electron chi connectivity index (χ2n) is 15.2. The molecule has 4 aromatic carbocycles. The molecule has 283 valence electrons. The smallest absolute Gasteiger partial charge is 0.192 e. The van der Waals surface area contributed by atoms with Crippen LogP contribution >= 0.6 is 0 Å². The third-order valence-corrected chi connectivity index (χ3v) is 15.2. The van der Waals surface area contributed by atoms with E-state index in [1.807, 2.05) is 77.4 Å². The lowest BCUT2D eigenvalue weighted by Gasteiger charge is -2.39. The summed E-state index contributed by atoms with van der Waals surface area (Å²) in [6.07, 6.45) is 8.14. The summed E-state index contributed by atoms with van der Waals surface area (Å²) in [5, 5.41) is -0.0280. The molecule has 1 aliphatic rings. The Morgan fingerprint density at radius 2 is 1.31 bits per heavy atom. The molecule has 7 rings (SSSR count). The summed E-state index contributed by atoms with van der Waals surface area (Å²) in [6.45, 7) is 11.5. The molecule has 0 spiro atoms. The third-order valence-electron chi connectivity index (χ3n) is 10.8. The van der Waals surface area contributed by atoms with Crippen molar-refractivity contribution < 1.29 is 23.4 Å². The number of ether oxygens (including phenoxy) is 4. The van der Waals surface area contributed by atoms with Crippen LogP contribution in [-0.2, 0) is 19.5 Å². The molecule has 0 aliphatic carbocycles. The van der Waals surface area contributed by atoms with Crippen molar-refractivity contribution in [2.24, 2.45) is 0 Å². The molecule has 2 aromatic heterocycles. The van der Waals surface area contributed by atoms with E-state index in [0.29, 0.717) is 11.2 Å². The van der Waals surface area contributed by atoms with Gasteiger partial charge in [-0.2, -0.15) is 0 Å². The maximum atomic E-state index is 7.27. The van der Waals surface area contributed by atoms with Crippen molar-refractivity contribution in [2.45, 2.75) is 62.9 Å². The summed E-state index contributed by atoms with van der Waals surface area (Å²) in [5.41, 5.74) is 5.02. The highest BCUT2D eigenvalue weighted by atomic mass is 28.4. The quantitative estimate of drug-likeness (QED) is 0.0852. The number of imidazole rings is 1. The van der Waals surface area contributed by atoms with E-state index in [0.717, 1.165) is 39.4 Å². The second kappa shape index (κ2) is 15.9. The van der Waals surface area contributed by atoms with E-state index in [4.69, 9.17) is 33.3 Å². The van der Waals surface area contributed by atoms with E-state index < -0.39 is 32.4 Å². The normalized spacial score (nSPS) is 17.9. The summed E-state index contributed by atoms with van der Waals surface area (Å²) >= 11 is 0. The van der Waals surface area contributed by atoms with Crippen LogP contribution in [0.2, 0.25) is 18.1 Å². The molecule has 10 heteroatoms.